The quantitative estimate of drug-likeness (QED) is 0.760. The Bertz CT molecular complexity index is 439. The molecule has 22 heavy (non-hydrogen) atoms. The maximum absolute atomic E-state index is 6.11. The second kappa shape index (κ2) is 10.7. The highest BCUT2D eigenvalue weighted by Crippen LogP contribution is 2.28. The van der Waals surface area contributed by atoms with Crippen LogP contribution in [0, 0.1) is 0 Å². The van der Waals surface area contributed by atoms with Crippen LogP contribution in [-0.4, -0.2) is 33.1 Å². The van der Waals surface area contributed by atoms with E-state index in [0.717, 1.165) is 32.4 Å². The number of nitrogens with one attached hydrogen (secondary N) is 1. The monoisotopic (exact) mass is 367 g/mol. The highest BCUT2D eigenvalue weighted by molar-refractivity contribution is 6.42. The SMILES string of the molecule is CNCC(CCOC1CCCCO1)c1ccc(Cl)c(Cl)c1.Cl. The standard InChI is InChI=1S/C16H23Cl2NO2.ClH/c1-19-11-13(12-5-6-14(17)15(18)10-12)7-9-21-16-4-2-3-8-20-16;/h5-6,10,13,16,19H,2-4,7-9,11H2,1H3;1H. The Kier molecular flexibility index (Phi) is 9.73. The fourth-order valence-corrected chi connectivity index (χ4v) is 2.89. The van der Waals surface area contributed by atoms with Gasteiger partial charge in [-0.15, -0.1) is 12.4 Å². The molecule has 1 N–H and O–H groups in total. The molecular formula is C16H24Cl3NO2. The molecule has 0 aromatic heterocycles. The van der Waals surface area contributed by atoms with Crippen molar-refractivity contribution in [3.63, 3.8) is 0 Å². The molecule has 2 unspecified atom stereocenters. The van der Waals surface area contributed by atoms with Gasteiger partial charge >= 0.3 is 0 Å². The van der Waals surface area contributed by atoms with Crippen LogP contribution in [0.2, 0.25) is 10.0 Å². The minimum Gasteiger partial charge on any atom is -0.353 e. The van der Waals surface area contributed by atoms with E-state index in [0.29, 0.717) is 22.6 Å². The third kappa shape index (κ3) is 6.23. The lowest BCUT2D eigenvalue weighted by Crippen LogP contribution is -2.24. The molecule has 0 spiro atoms. The zero-order valence-electron chi connectivity index (χ0n) is 12.8. The Morgan fingerprint density at radius 1 is 1.32 bits per heavy atom. The van der Waals surface area contributed by atoms with Gasteiger partial charge < -0.3 is 14.8 Å². The number of halogens is 3. The van der Waals surface area contributed by atoms with Crippen molar-refractivity contribution in [1.29, 1.82) is 0 Å². The summed E-state index contributed by atoms with van der Waals surface area (Å²) >= 11 is 12.1. The fourth-order valence-electron chi connectivity index (χ4n) is 2.58. The summed E-state index contributed by atoms with van der Waals surface area (Å²) in [6.45, 7) is 2.39. The van der Waals surface area contributed by atoms with Gasteiger partial charge in [-0.3, -0.25) is 0 Å². The number of likely N-dealkylation sites (N-methyl/N-ethyl adjacent to an activating group) is 1. The maximum Gasteiger partial charge on any atom is 0.157 e. The number of hydrogen-bond acceptors (Lipinski definition) is 3. The predicted molar refractivity (Wildman–Crippen MR) is 94.5 cm³/mol. The van der Waals surface area contributed by atoms with Crippen molar-refractivity contribution in [2.45, 2.75) is 37.9 Å². The molecule has 1 aliphatic heterocycles. The molecule has 1 fully saturated rings. The molecule has 126 valence electrons. The summed E-state index contributed by atoms with van der Waals surface area (Å²) in [5.41, 5.74) is 1.19. The van der Waals surface area contributed by atoms with Gasteiger partial charge in [0.05, 0.1) is 16.7 Å². The maximum atomic E-state index is 6.11. The van der Waals surface area contributed by atoms with Gasteiger partial charge in [0.2, 0.25) is 0 Å². The molecule has 6 heteroatoms. The van der Waals surface area contributed by atoms with Gasteiger partial charge in [-0.1, -0.05) is 29.3 Å². The third-order valence-electron chi connectivity index (χ3n) is 3.77. The summed E-state index contributed by atoms with van der Waals surface area (Å²) in [6.07, 6.45) is 4.24. The fraction of sp³-hybridized carbons (Fsp3) is 0.625. The Morgan fingerprint density at radius 3 is 2.77 bits per heavy atom. The van der Waals surface area contributed by atoms with Crippen LogP contribution in [0.1, 0.15) is 37.2 Å². The third-order valence-corrected chi connectivity index (χ3v) is 4.51. The predicted octanol–water partition coefficient (Wildman–Crippen LogP) is 4.65. The van der Waals surface area contributed by atoms with E-state index in [9.17, 15) is 0 Å². The summed E-state index contributed by atoms with van der Waals surface area (Å²) in [7, 11) is 1.95. The Balaban J connectivity index is 0.00000242. The Hall–Kier alpha value is -0.0300. The first-order chi connectivity index (χ1) is 10.2. The topological polar surface area (TPSA) is 30.5 Å². The molecule has 1 heterocycles. The van der Waals surface area contributed by atoms with Crippen LogP contribution in [0.3, 0.4) is 0 Å². The van der Waals surface area contributed by atoms with Crippen LogP contribution in [0.15, 0.2) is 18.2 Å². The van der Waals surface area contributed by atoms with Crippen molar-refractivity contribution in [3.8, 4) is 0 Å². The average molecular weight is 369 g/mol. The molecule has 1 aliphatic rings. The lowest BCUT2D eigenvalue weighted by Gasteiger charge is -2.24. The van der Waals surface area contributed by atoms with Crippen molar-refractivity contribution >= 4 is 35.6 Å². The summed E-state index contributed by atoms with van der Waals surface area (Å²) in [6, 6.07) is 5.84. The van der Waals surface area contributed by atoms with Crippen molar-refractivity contribution in [2.24, 2.45) is 0 Å². The largest absolute Gasteiger partial charge is 0.353 e. The van der Waals surface area contributed by atoms with Gasteiger partial charge in [0.25, 0.3) is 0 Å². The van der Waals surface area contributed by atoms with Crippen LogP contribution in [0.25, 0.3) is 0 Å². The lowest BCUT2D eigenvalue weighted by molar-refractivity contribution is -0.163. The second-order valence-electron chi connectivity index (χ2n) is 5.38. The first-order valence-corrected chi connectivity index (χ1v) is 8.29. The van der Waals surface area contributed by atoms with E-state index in [4.69, 9.17) is 32.7 Å². The number of benzene rings is 1. The lowest BCUT2D eigenvalue weighted by atomic mass is 9.96. The highest BCUT2D eigenvalue weighted by atomic mass is 35.5. The van der Waals surface area contributed by atoms with Crippen molar-refractivity contribution in [1.82, 2.24) is 5.32 Å². The minimum atomic E-state index is -0.0252. The molecule has 0 aliphatic carbocycles. The average Bonchev–Trinajstić information content (AvgIpc) is 2.50. The van der Waals surface area contributed by atoms with Gasteiger partial charge in [0.15, 0.2) is 6.29 Å². The molecule has 0 radical (unpaired) electrons. The van der Waals surface area contributed by atoms with E-state index >= 15 is 0 Å². The van der Waals surface area contributed by atoms with E-state index in [-0.39, 0.29) is 18.7 Å². The van der Waals surface area contributed by atoms with Gasteiger partial charge in [-0.2, -0.15) is 0 Å². The van der Waals surface area contributed by atoms with E-state index in [1.807, 2.05) is 25.2 Å². The Labute approximate surface area is 149 Å². The Morgan fingerprint density at radius 2 is 2.14 bits per heavy atom. The molecule has 3 nitrogen and oxygen atoms in total. The van der Waals surface area contributed by atoms with Crippen molar-refractivity contribution < 1.29 is 9.47 Å². The van der Waals surface area contributed by atoms with Crippen LogP contribution in [0.4, 0.5) is 0 Å². The van der Waals surface area contributed by atoms with Gasteiger partial charge in [0.1, 0.15) is 0 Å². The van der Waals surface area contributed by atoms with E-state index in [1.54, 1.807) is 0 Å². The normalized spacial score (nSPS) is 19.5. The summed E-state index contributed by atoms with van der Waals surface area (Å²) in [4.78, 5) is 0. The molecule has 0 bridgehead atoms. The van der Waals surface area contributed by atoms with Crippen molar-refractivity contribution in [2.75, 3.05) is 26.8 Å². The first-order valence-electron chi connectivity index (χ1n) is 7.53. The van der Waals surface area contributed by atoms with E-state index in [1.165, 1.54) is 12.0 Å². The van der Waals surface area contributed by atoms with E-state index < -0.39 is 0 Å². The van der Waals surface area contributed by atoms with Crippen LogP contribution >= 0.6 is 35.6 Å². The smallest absolute Gasteiger partial charge is 0.157 e. The summed E-state index contributed by atoms with van der Waals surface area (Å²) in [5, 5.41) is 4.42. The zero-order valence-corrected chi connectivity index (χ0v) is 15.1. The van der Waals surface area contributed by atoms with E-state index in [2.05, 4.69) is 5.32 Å². The molecule has 1 saturated heterocycles. The number of hydrogen-bond donors (Lipinski definition) is 1. The molecule has 2 rings (SSSR count). The molecule has 1 aromatic carbocycles. The van der Waals surface area contributed by atoms with Crippen LogP contribution in [-0.2, 0) is 9.47 Å². The summed E-state index contributed by atoms with van der Waals surface area (Å²) < 4.78 is 11.4. The number of rotatable bonds is 7. The van der Waals surface area contributed by atoms with Gasteiger partial charge in [-0.05, 0) is 56.3 Å². The van der Waals surface area contributed by atoms with Crippen molar-refractivity contribution in [3.05, 3.63) is 33.8 Å². The zero-order chi connectivity index (χ0) is 15.1. The van der Waals surface area contributed by atoms with Gasteiger partial charge in [-0.25, -0.2) is 0 Å². The first kappa shape index (κ1) is 20.0. The molecule has 1 aromatic rings. The molecular weight excluding hydrogens is 345 g/mol. The molecule has 2 atom stereocenters. The van der Waals surface area contributed by atoms with Gasteiger partial charge in [0, 0.05) is 13.2 Å². The van der Waals surface area contributed by atoms with Crippen LogP contribution in [0.5, 0.6) is 0 Å². The second-order valence-corrected chi connectivity index (χ2v) is 6.20. The summed E-state index contributed by atoms with van der Waals surface area (Å²) in [5.74, 6) is 0.355. The van der Waals surface area contributed by atoms with Crippen LogP contribution < -0.4 is 5.32 Å². The minimum absolute atomic E-state index is 0. The molecule has 0 amide bonds. The molecule has 0 saturated carbocycles. The highest BCUT2D eigenvalue weighted by Gasteiger charge is 2.16. The number of ether oxygens (including phenoxy) is 2.